The second kappa shape index (κ2) is 8.65. The molecule has 2 rings (SSSR count). The molecule has 0 bridgehead atoms. The molecule has 132 valence electrons. The van der Waals surface area contributed by atoms with Gasteiger partial charge >= 0.3 is 12.1 Å². The average molecular weight is 337 g/mol. The van der Waals surface area contributed by atoms with Gasteiger partial charge in [-0.1, -0.05) is 30.3 Å². The van der Waals surface area contributed by atoms with Crippen LogP contribution in [0.5, 0.6) is 0 Å². The lowest BCUT2D eigenvalue weighted by Gasteiger charge is -2.35. The first kappa shape index (κ1) is 18.2. The van der Waals surface area contributed by atoms with Crippen molar-refractivity contribution in [1.29, 1.82) is 0 Å². The second-order valence-corrected chi connectivity index (χ2v) is 5.78. The summed E-state index contributed by atoms with van der Waals surface area (Å²) in [5.41, 5.74) is 0.841. The van der Waals surface area contributed by atoms with Gasteiger partial charge < -0.3 is 25.0 Å². The zero-order valence-corrected chi connectivity index (χ0v) is 13.6. The second-order valence-electron chi connectivity index (χ2n) is 5.78. The standard InChI is InChI=1S/C17H23NO6/c1-2-23-16(21)12-8-14(19)15(20)9-13(12)18-17(22)24-10-11-6-4-3-5-7-11/h3-7,12-15,19-20H,2,8-10H2,1H3,(H,18,22)/t12-,13-,14+,15-/m0/s1. The Morgan fingerprint density at radius 1 is 1.12 bits per heavy atom. The number of hydrogen-bond acceptors (Lipinski definition) is 6. The molecule has 0 spiro atoms. The van der Waals surface area contributed by atoms with Gasteiger partial charge in [-0.2, -0.15) is 0 Å². The van der Waals surface area contributed by atoms with Gasteiger partial charge in [0.15, 0.2) is 0 Å². The maximum atomic E-state index is 12.0. The van der Waals surface area contributed by atoms with Gasteiger partial charge in [0.1, 0.15) is 6.61 Å². The Kier molecular flexibility index (Phi) is 6.57. The van der Waals surface area contributed by atoms with Crippen LogP contribution in [0.4, 0.5) is 4.79 Å². The monoisotopic (exact) mass is 337 g/mol. The molecule has 24 heavy (non-hydrogen) atoms. The zero-order valence-electron chi connectivity index (χ0n) is 13.6. The molecular formula is C17H23NO6. The zero-order chi connectivity index (χ0) is 17.5. The van der Waals surface area contributed by atoms with Crippen LogP contribution >= 0.6 is 0 Å². The largest absolute Gasteiger partial charge is 0.466 e. The molecule has 7 heteroatoms. The Morgan fingerprint density at radius 3 is 2.46 bits per heavy atom. The molecule has 7 nitrogen and oxygen atoms in total. The Bertz CT molecular complexity index is 549. The number of rotatable bonds is 5. The Labute approximate surface area is 140 Å². The maximum Gasteiger partial charge on any atom is 0.407 e. The van der Waals surface area contributed by atoms with E-state index in [1.807, 2.05) is 30.3 Å². The van der Waals surface area contributed by atoms with E-state index in [4.69, 9.17) is 9.47 Å². The van der Waals surface area contributed by atoms with Gasteiger partial charge in [0.05, 0.1) is 24.7 Å². The molecule has 3 N–H and O–H groups in total. The predicted molar refractivity (Wildman–Crippen MR) is 84.9 cm³/mol. The first-order valence-corrected chi connectivity index (χ1v) is 8.01. The van der Waals surface area contributed by atoms with Crippen LogP contribution in [0.15, 0.2) is 30.3 Å². The van der Waals surface area contributed by atoms with Crippen molar-refractivity contribution in [3.05, 3.63) is 35.9 Å². The number of carbonyl (C=O) groups is 2. The lowest BCUT2D eigenvalue weighted by Crippen LogP contribution is -2.53. The third-order valence-corrected chi connectivity index (χ3v) is 4.03. The van der Waals surface area contributed by atoms with Crippen molar-refractivity contribution in [2.45, 2.75) is 44.6 Å². The molecular weight excluding hydrogens is 314 g/mol. The van der Waals surface area contributed by atoms with Gasteiger partial charge in [0, 0.05) is 6.04 Å². The highest BCUT2D eigenvalue weighted by Crippen LogP contribution is 2.26. The summed E-state index contributed by atoms with van der Waals surface area (Å²) in [6, 6.07) is 8.55. The molecule has 1 fully saturated rings. The molecule has 0 heterocycles. The van der Waals surface area contributed by atoms with Gasteiger partial charge in [0.25, 0.3) is 0 Å². The maximum absolute atomic E-state index is 12.0. The van der Waals surface area contributed by atoms with Crippen LogP contribution in [-0.2, 0) is 20.9 Å². The summed E-state index contributed by atoms with van der Waals surface area (Å²) in [5, 5.41) is 22.2. The quantitative estimate of drug-likeness (QED) is 0.692. The lowest BCUT2D eigenvalue weighted by molar-refractivity contribution is -0.154. The van der Waals surface area contributed by atoms with Crippen LogP contribution in [0.1, 0.15) is 25.3 Å². The molecule has 1 aliphatic carbocycles. The van der Waals surface area contributed by atoms with Crippen LogP contribution in [-0.4, -0.2) is 47.1 Å². The highest BCUT2D eigenvalue weighted by Gasteiger charge is 2.41. The number of alkyl carbamates (subject to hydrolysis) is 1. The number of aliphatic hydroxyl groups excluding tert-OH is 2. The van der Waals surface area contributed by atoms with E-state index in [-0.39, 0.29) is 26.1 Å². The van der Waals surface area contributed by atoms with Gasteiger partial charge in [-0.3, -0.25) is 4.79 Å². The van der Waals surface area contributed by atoms with Crippen LogP contribution < -0.4 is 5.32 Å². The highest BCUT2D eigenvalue weighted by molar-refractivity contribution is 5.75. The van der Waals surface area contributed by atoms with Crippen molar-refractivity contribution in [2.75, 3.05) is 6.61 Å². The van der Waals surface area contributed by atoms with E-state index in [1.165, 1.54) is 0 Å². The fourth-order valence-electron chi connectivity index (χ4n) is 2.75. The first-order valence-electron chi connectivity index (χ1n) is 8.01. The molecule has 0 unspecified atom stereocenters. The number of benzene rings is 1. The number of nitrogens with one attached hydrogen (secondary N) is 1. The van der Waals surface area contributed by atoms with Crippen LogP contribution in [0.25, 0.3) is 0 Å². The van der Waals surface area contributed by atoms with Gasteiger partial charge in [-0.05, 0) is 25.3 Å². The SMILES string of the molecule is CCOC(=O)[C@H]1C[C@@H](O)[C@@H](O)C[C@@H]1NC(=O)OCc1ccccc1. The van der Waals surface area contributed by atoms with E-state index in [2.05, 4.69) is 5.32 Å². The predicted octanol–water partition coefficient (Wildman–Crippen LogP) is 0.976. The van der Waals surface area contributed by atoms with Crippen LogP contribution in [0.2, 0.25) is 0 Å². The summed E-state index contributed by atoms with van der Waals surface area (Å²) >= 11 is 0. The molecule has 1 aromatic rings. The van der Waals surface area contributed by atoms with E-state index in [9.17, 15) is 19.8 Å². The van der Waals surface area contributed by atoms with Crippen molar-refractivity contribution in [3.63, 3.8) is 0 Å². The summed E-state index contributed by atoms with van der Waals surface area (Å²) in [4.78, 5) is 24.0. The Hall–Kier alpha value is -2.12. The third kappa shape index (κ3) is 4.94. The smallest absolute Gasteiger partial charge is 0.407 e. The molecule has 1 saturated carbocycles. The van der Waals surface area contributed by atoms with Gasteiger partial charge in [-0.15, -0.1) is 0 Å². The Balaban J connectivity index is 1.93. The van der Waals surface area contributed by atoms with Crippen molar-refractivity contribution >= 4 is 12.1 Å². The van der Waals surface area contributed by atoms with Gasteiger partial charge in [-0.25, -0.2) is 4.79 Å². The van der Waals surface area contributed by atoms with Crippen LogP contribution in [0.3, 0.4) is 0 Å². The molecule has 0 radical (unpaired) electrons. The Morgan fingerprint density at radius 2 is 1.79 bits per heavy atom. The lowest BCUT2D eigenvalue weighted by atomic mass is 9.81. The number of esters is 1. The molecule has 1 amide bonds. The van der Waals surface area contributed by atoms with E-state index in [1.54, 1.807) is 6.92 Å². The first-order chi connectivity index (χ1) is 11.5. The molecule has 1 aromatic carbocycles. The van der Waals surface area contributed by atoms with Crippen molar-refractivity contribution in [2.24, 2.45) is 5.92 Å². The summed E-state index contributed by atoms with van der Waals surface area (Å²) in [6.45, 7) is 2.00. The van der Waals surface area contributed by atoms with E-state index in [0.29, 0.717) is 0 Å². The van der Waals surface area contributed by atoms with E-state index < -0.39 is 36.2 Å². The number of hydrogen-bond donors (Lipinski definition) is 3. The summed E-state index contributed by atoms with van der Waals surface area (Å²) in [5.74, 6) is -1.22. The number of ether oxygens (including phenoxy) is 2. The van der Waals surface area contributed by atoms with Crippen molar-refractivity contribution in [1.82, 2.24) is 5.32 Å². The van der Waals surface area contributed by atoms with Crippen molar-refractivity contribution in [3.8, 4) is 0 Å². The van der Waals surface area contributed by atoms with E-state index >= 15 is 0 Å². The average Bonchev–Trinajstić information content (AvgIpc) is 2.57. The number of carbonyl (C=O) groups excluding carboxylic acids is 2. The summed E-state index contributed by atoms with van der Waals surface area (Å²) in [6.07, 6.45) is -2.61. The normalized spacial score (nSPS) is 26.5. The number of aliphatic hydroxyl groups is 2. The van der Waals surface area contributed by atoms with Gasteiger partial charge in [0.2, 0.25) is 0 Å². The summed E-state index contributed by atoms with van der Waals surface area (Å²) in [7, 11) is 0. The third-order valence-electron chi connectivity index (χ3n) is 4.03. The summed E-state index contributed by atoms with van der Waals surface area (Å²) < 4.78 is 10.1. The molecule has 0 saturated heterocycles. The fourth-order valence-corrected chi connectivity index (χ4v) is 2.75. The van der Waals surface area contributed by atoms with E-state index in [0.717, 1.165) is 5.56 Å². The fraction of sp³-hybridized carbons (Fsp3) is 0.529. The highest BCUT2D eigenvalue weighted by atomic mass is 16.5. The molecule has 1 aliphatic rings. The molecule has 0 aromatic heterocycles. The molecule has 0 aliphatic heterocycles. The molecule has 4 atom stereocenters. The number of amides is 1. The topological polar surface area (TPSA) is 105 Å². The van der Waals surface area contributed by atoms with Crippen LogP contribution in [0, 0.1) is 5.92 Å². The van der Waals surface area contributed by atoms with Crippen molar-refractivity contribution < 1.29 is 29.3 Å². The minimum Gasteiger partial charge on any atom is -0.466 e. The minimum absolute atomic E-state index is 0.0314. The minimum atomic E-state index is -1.02.